The van der Waals surface area contributed by atoms with Crippen molar-refractivity contribution in [2.45, 2.75) is 65.0 Å². The fraction of sp³-hybridized carbons (Fsp3) is 0.867. The average molecular weight is 283 g/mol. The molecule has 2 amide bonds. The molecule has 20 heavy (non-hydrogen) atoms. The van der Waals surface area contributed by atoms with Gasteiger partial charge in [0.15, 0.2) is 0 Å². The minimum absolute atomic E-state index is 0.0374. The Morgan fingerprint density at radius 3 is 2.60 bits per heavy atom. The van der Waals surface area contributed by atoms with Crippen LogP contribution in [-0.2, 0) is 9.59 Å². The molecule has 0 aliphatic carbocycles. The average Bonchev–Trinajstić information content (AvgIpc) is 2.43. The van der Waals surface area contributed by atoms with Gasteiger partial charge in [-0.1, -0.05) is 20.3 Å². The van der Waals surface area contributed by atoms with Crippen molar-refractivity contribution in [3.63, 3.8) is 0 Å². The lowest BCUT2D eigenvalue weighted by Crippen LogP contribution is -2.46. The Kier molecular flexibility index (Phi) is 7.59. The molecule has 116 valence electrons. The summed E-state index contributed by atoms with van der Waals surface area (Å²) in [6.45, 7) is 7.51. The summed E-state index contributed by atoms with van der Waals surface area (Å²) >= 11 is 0. The molecule has 0 bridgehead atoms. The monoisotopic (exact) mass is 283 g/mol. The largest absolute Gasteiger partial charge is 0.354 e. The fourth-order valence-electron chi connectivity index (χ4n) is 2.31. The number of carbonyl (C=O) groups excluding carboxylic acids is 2. The summed E-state index contributed by atoms with van der Waals surface area (Å²) in [6.07, 6.45) is 4.96. The van der Waals surface area contributed by atoms with Crippen LogP contribution in [0.4, 0.5) is 0 Å². The maximum absolute atomic E-state index is 11.8. The lowest BCUT2D eigenvalue weighted by atomic mass is 10.0. The molecule has 5 heteroatoms. The van der Waals surface area contributed by atoms with E-state index in [0.29, 0.717) is 24.9 Å². The third kappa shape index (κ3) is 6.89. The van der Waals surface area contributed by atoms with Gasteiger partial charge in [-0.15, -0.1) is 0 Å². The molecule has 1 saturated heterocycles. The van der Waals surface area contributed by atoms with Gasteiger partial charge >= 0.3 is 0 Å². The molecule has 1 aliphatic rings. The minimum atomic E-state index is -0.458. The number of rotatable bonds is 7. The highest BCUT2D eigenvalue weighted by molar-refractivity contribution is 5.87. The predicted octanol–water partition coefficient (Wildman–Crippen LogP) is 1.19. The molecule has 1 fully saturated rings. The zero-order valence-corrected chi connectivity index (χ0v) is 13.0. The van der Waals surface area contributed by atoms with E-state index in [0.717, 1.165) is 19.4 Å². The van der Waals surface area contributed by atoms with Gasteiger partial charge in [-0.05, 0) is 38.6 Å². The molecule has 0 aromatic heterocycles. The van der Waals surface area contributed by atoms with E-state index < -0.39 is 6.04 Å². The molecule has 0 radical (unpaired) electrons. The molecule has 0 saturated carbocycles. The van der Waals surface area contributed by atoms with E-state index in [1.807, 2.05) is 13.8 Å². The van der Waals surface area contributed by atoms with Crippen LogP contribution >= 0.6 is 0 Å². The van der Waals surface area contributed by atoms with Crippen LogP contribution in [0.15, 0.2) is 0 Å². The van der Waals surface area contributed by atoms with Gasteiger partial charge in [-0.25, -0.2) is 0 Å². The summed E-state index contributed by atoms with van der Waals surface area (Å²) in [4.78, 5) is 23.6. The Morgan fingerprint density at radius 1 is 1.25 bits per heavy atom. The van der Waals surface area contributed by atoms with Gasteiger partial charge in [0, 0.05) is 19.0 Å². The van der Waals surface area contributed by atoms with Gasteiger partial charge in [0.25, 0.3) is 0 Å². The second-order valence-corrected chi connectivity index (χ2v) is 6.11. The third-order valence-corrected chi connectivity index (χ3v) is 3.59. The first-order valence-corrected chi connectivity index (χ1v) is 7.79. The van der Waals surface area contributed by atoms with Crippen molar-refractivity contribution in [1.29, 1.82) is 0 Å². The molecule has 2 atom stereocenters. The second-order valence-electron chi connectivity index (χ2n) is 6.11. The van der Waals surface area contributed by atoms with Crippen LogP contribution in [0.5, 0.6) is 0 Å². The normalized spacial score (nSPS) is 20.5. The van der Waals surface area contributed by atoms with Crippen molar-refractivity contribution in [3.05, 3.63) is 0 Å². The standard InChI is InChI=1S/C15H29N3O2/c1-11(2)10-17-15(20)12(3)18-14(19)8-7-13-6-4-5-9-16-13/h11-13,16H,4-10H2,1-3H3,(H,17,20)(H,18,19). The van der Waals surface area contributed by atoms with E-state index in [1.54, 1.807) is 6.92 Å². The predicted molar refractivity (Wildman–Crippen MR) is 80.3 cm³/mol. The topological polar surface area (TPSA) is 70.2 Å². The molecule has 0 aromatic rings. The van der Waals surface area contributed by atoms with Gasteiger partial charge in [0.05, 0.1) is 0 Å². The summed E-state index contributed by atoms with van der Waals surface area (Å²) < 4.78 is 0. The van der Waals surface area contributed by atoms with Crippen molar-refractivity contribution in [2.75, 3.05) is 13.1 Å². The van der Waals surface area contributed by atoms with E-state index >= 15 is 0 Å². The number of hydrogen-bond donors (Lipinski definition) is 3. The molecule has 5 nitrogen and oxygen atoms in total. The summed E-state index contributed by atoms with van der Waals surface area (Å²) in [6, 6.07) is 0.000128. The van der Waals surface area contributed by atoms with Gasteiger partial charge in [0.2, 0.25) is 11.8 Å². The van der Waals surface area contributed by atoms with Crippen LogP contribution in [-0.4, -0.2) is 37.0 Å². The molecule has 1 aliphatic heterocycles. The van der Waals surface area contributed by atoms with Gasteiger partial charge in [-0.3, -0.25) is 9.59 Å². The van der Waals surface area contributed by atoms with Crippen molar-refractivity contribution in [2.24, 2.45) is 5.92 Å². The number of piperidine rings is 1. The lowest BCUT2D eigenvalue weighted by Gasteiger charge is -2.23. The van der Waals surface area contributed by atoms with Crippen LogP contribution in [0.25, 0.3) is 0 Å². The first-order valence-electron chi connectivity index (χ1n) is 7.79. The van der Waals surface area contributed by atoms with Crippen LogP contribution in [0.1, 0.15) is 52.9 Å². The van der Waals surface area contributed by atoms with Gasteiger partial charge in [-0.2, -0.15) is 0 Å². The molecule has 3 N–H and O–H groups in total. The number of hydrogen-bond acceptors (Lipinski definition) is 3. The van der Waals surface area contributed by atoms with E-state index in [1.165, 1.54) is 12.8 Å². The SMILES string of the molecule is CC(C)CNC(=O)C(C)NC(=O)CCC1CCCCN1. The maximum atomic E-state index is 11.8. The Balaban J connectivity index is 2.18. The lowest BCUT2D eigenvalue weighted by molar-refractivity contribution is -0.128. The number of amides is 2. The summed E-state index contributed by atoms with van der Waals surface area (Å²) in [7, 11) is 0. The summed E-state index contributed by atoms with van der Waals surface area (Å²) in [5.41, 5.74) is 0. The summed E-state index contributed by atoms with van der Waals surface area (Å²) in [5, 5.41) is 9.01. The third-order valence-electron chi connectivity index (χ3n) is 3.59. The molecule has 1 heterocycles. The zero-order chi connectivity index (χ0) is 15.0. The number of carbonyl (C=O) groups is 2. The highest BCUT2D eigenvalue weighted by Crippen LogP contribution is 2.11. The van der Waals surface area contributed by atoms with E-state index in [4.69, 9.17) is 0 Å². The fourth-order valence-corrected chi connectivity index (χ4v) is 2.31. The highest BCUT2D eigenvalue weighted by atomic mass is 16.2. The van der Waals surface area contributed by atoms with E-state index in [9.17, 15) is 9.59 Å². The van der Waals surface area contributed by atoms with Crippen LogP contribution in [0, 0.1) is 5.92 Å². The van der Waals surface area contributed by atoms with Crippen molar-refractivity contribution >= 4 is 11.8 Å². The van der Waals surface area contributed by atoms with E-state index in [-0.39, 0.29) is 11.8 Å². The van der Waals surface area contributed by atoms with Crippen LogP contribution in [0.3, 0.4) is 0 Å². The maximum Gasteiger partial charge on any atom is 0.242 e. The molecular formula is C15H29N3O2. The first-order chi connectivity index (χ1) is 9.49. The Morgan fingerprint density at radius 2 is 2.00 bits per heavy atom. The van der Waals surface area contributed by atoms with Crippen molar-refractivity contribution in [1.82, 2.24) is 16.0 Å². The highest BCUT2D eigenvalue weighted by Gasteiger charge is 2.17. The quantitative estimate of drug-likeness (QED) is 0.657. The molecule has 0 aromatic carbocycles. The molecular weight excluding hydrogens is 254 g/mol. The second kappa shape index (κ2) is 8.95. The zero-order valence-electron chi connectivity index (χ0n) is 13.0. The van der Waals surface area contributed by atoms with Gasteiger partial charge < -0.3 is 16.0 Å². The van der Waals surface area contributed by atoms with Gasteiger partial charge in [0.1, 0.15) is 6.04 Å². The van der Waals surface area contributed by atoms with E-state index in [2.05, 4.69) is 16.0 Å². The van der Waals surface area contributed by atoms with Crippen molar-refractivity contribution in [3.8, 4) is 0 Å². The van der Waals surface area contributed by atoms with Crippen LogP contribution < -0.4 is 16.0 Å². The molecule has 1 rings (SSSR count). The minimum Gasteiger partial charge on any atom is -0.354 e. The summed E-state index contributed by atoms with van der Waals surface area (Å²) in [5.74, 6) is 0.270. The Hall–Kier alpha value is -1.10. The smallest absolute Gasteiger partial charge is 0.242 e. The van der Waals surface area contributed by atoms with Crippen molar-refractivity contribution < 1.29 is 9.59 Å². The molecule has 2 unspecified atom stereocenters. The first kappa shape index (κ1) is 17.0. The Labute approximate surface area is 122 Å². The van der Waals surface area contributed by atoms with Crippen LogP contribution in [0.2, 0.25) is 0 Å². The number of nitrogens with one attached hydrogen (secondary N) is 3. The molecule has 0 spiro atoms. The Bertz CT molecular complexity index is 312.